The molecule has 160 valence electrons. The van der Waals surface area contributed by atoms with Crippen molar-refractivity contribution in [3.05, 3.63) is 77.9 Å². The molecule has 0 saturated carbocycles. The molecular weight excluding hydrogens is 380 g/mol. The second-order valence-corrected chi connectivity index (χ2v) is 8.99. The Hall–Kier alpha value is -3.07. The SMILES string of the molecule is CCN1c2cc(OC)c(C=Nc3ccc(-c4ccccc4)cc3)cc2C(C)CC1(C)C. The number of methoxy groups -OCH3 is 1. The fourth-order valence-electron chi connectivity index (χ4n) is 4.92. The number of benzene rings is 3. The van der Waals surface area contributed by atoms with Crippen molar-refractivity contribution in [2.24, 2.45) is 4.99 Å². The van der Waals surface area contributed by atoms with Gasteiger partial charge in [-0.25, -0.2) is 0 Å². The van der Waals surface area contributed by atoms with Gasteiger partial charge in [-0.1, -0.05) is 49.4 Å². The van der Waals surface area contributed by atoms with Crippen LogP contribution in [0.1, 0.15) is 51.2 Å². The zero-order valence-electron chi connectivity index (χ0n) is 19.2. The van der Waals surface area contributed by atoms with Crippen molar-refractivity contribution in [1.29, 1.82) is 0 Å². The zero-order chi connectivity index (χ0) is 22.0. The lowest BCUT2D eigenvalue weighted by molar-refractivity contribution is 0.377. The van der Waals surface area contributed by atoms with Gasteiger partial charge in [-0.15, -0.1) is 0 Å². The molecule has 3 nitrogen and oxygen atoms in total. The van der Waals surface area contributed by atoms with Crippen molar-refractivity contribution in [1.82, 2.24) is 0 Å². The van der Waals surface area contributed by atoms with Crippen molar-refractivity contribution in [3.63, 3.8) is 0 Å². The van der Waals surface area contributed by atoms with E-state index in [1.54, 1.807) is 7.11 Å². The lowest BCUT2D eigenvalue weighted by atomic mass is 9.79. The van der Waals surface area contributed by atoms with Crippen molar-refractivity contribution in [3.8, 4) is 16.9 Å². The molecule has 1 aliphatic heterocycles. The Morgan fingerprint density at radius 1 is 1.03 bits per heavy atom. The van der Waals surface area contributed by atoms with E-state index in [0.29, 0.717) is 5.92 Å². The minimum atomic E-state index is 0.141. The molecule has 0 radical (unpaired) electrons. The largest absolute Gasteiger partial charge is 0.496 e. The van der Waals surface area contributed by atoms with Crippen LogP contribution < -0.4 is 9.64 Å². The highest BCUT2D eigenvalue weighted by molar-refractivity contribution is 5.88. The maximum absolute atomic E-state index is 5.76. The van der Waals surface area contributed by atoms with Crippen molar-refractivity contribution in [2.75, 3.05) is 18.6 Å². The monoisotopic (exact) mass is 412 g/mol. The van der Waals surface area contributed by atoms with Crippen molar-refractivity contribution < 1.29 is 4.74 Å². The van der Waals surface area contributed by atoms with Gasteiger partial charge in [-0.05, 0) is 68.0 Å². The van der Waals surface area contributed by atoms with Crippen LogP contribution in [-0.2, 0) is 0 Å². The molecule has 0 N–H and O–H groups in total. The van der Waals surface area contributed by atoms with Gasteiger partial charge in [-0.3, -0.25) is 4.99 Å². The fourth-order valence-corrected chi connectivity index (χ4v) is 4.92. The van der Waals surface area contributed by atoms with E-state index in [1.807, 2.05) is 12.3 Å². The predicted molar refractivity (Wildman–Crippen MR) is 132 cm³/mol. The number of aliphatic imine (C=N–C) groups is 1. The van der Waals surface area contributed by atoms with E-state index in [0.717, 1.165) is 30.0 Å². The first-order chi connectivity index (χ1) is 14.9. The van der Waals surface area contributed by atoms with Gasteiger partial charge < -0.3 is 9.64 Å². The number of hydrogen-bond donors (Lipinski definition) is 0. The Kier molecular flexibility index (Phi) is 5.86. The van der Waals surface area contributed by atoms with E-state index in [2.05, 4.69) is 93.3 Å². The second-order valence-electron chi connectivity index (χ2n) is 8.99. The molecule has 0 aromatic heterocycles. The minimum absolute atomic E-state index is 0.141. The summed E-state index contributed by atoms with van der Waals surface area (Å²) in [5, 5.41) is 0. The normalized spacial score (nSPS) is 17.6. The maximum Gasteiger partial charge on any atom is 0.129 e. The first-order valence-corrected chi connectivity index (χ1v) is 11.1. The molecule has 1 aliphatic rings. The van der Waals surface area contributed by atoms with Gasteiger partial charge in [0.05, 0.1) is 12.8 Å². The van der Waals surface area contributed by atoms with Crippen molar-refractivity contribution >= 4 is 17.6 Å². The molecule has 3 aromatic rings. The standard InChI is InChI=1S/C28H32N2O/c1-6-30-26-17-27(31-5)23(16-25(26)20(2)18-28(30,3)4)19-29-24-14-12-22(13-15-24)21-10-8-7-9-11-21/h7-17,19-20H,6,18H2,1-5H3. The molecule has 1 atom stereocenters. The lowest BCUT2D eigenvalue weighted by Gasteiger charge is -2.47. The summed E-state index contributed by atoms with van der Waals surface area (Å²) in [6, 6.07) is 23.2. The van der Waals surface area contributed by atoms with Gasteiger partial charge in [0.2, 0.25) is 0 Å². The fraction of sp³-hybridized carbons (Fsp3) is 0.321. The van der Waals surface area contributed by atoms with E-state index in [-0.39, 0.29) is 5.54 Å². The van der Waals surface area contributed by atoms with E-state index in [1.165, 1.54) is 22.4 Å². The Morgan fingerprint density at radius 2 is 1.71 bits per heavy atom. The summed E-state index contributed by atoms with van der Waals surface area (Å²) in [5.41, 5.74) is 7.17. The average Bonchev–Trinajstić information content (AvgIpc) is 2.78. The first-order valence-electron chi connectivity index (χ1n) is 11.1. The number of hydrogen-bond acceptors (Lipinski definition) is 3. The van der Waals surface area contributed by atoms with Gasteiger partial charge >= 0.3 is 0 Å². The smallest absolute Gasteiger partial charge is 0.129 e. The third kappa shape index (κ3) is 4.23. The molecule has 1 heterocycles. The highest BCUT2D eigenvalue weighted by atomic mass is 16.5. The number of nitrogens with zero attached hydrogens (tertiary/aromatic N) is 2. The summed E-state index contributed by atoms with van der Waals surface area (Å²) < 4.78 is 5.76. The number of rotatable bonds is 5. The Bertz CT molecular complexity index is 1070. The summed E-state index contributed by atoms with van der Waals surface area (Å²) in [7, 11) is 1.74. The summed E-state index contributed by atoms with van der Waals surface area (Å²) in [5.74, 6) is 1.36. The molecule has 0 aliphatic carbocycles. The molecule has 3 heteroatoms. The van der Waals surface area contributed by atoms with Gasteiger partial charge in [-0.2, -0.15) is 0 Å². The summed E-state index contributed by atoms with van der Waals surface area (Å²) in [6.45, 7) is 10.2. The van der Waals surface area contributed by atoms with Crippen LogP contribution in [0.2, 0.25) is 0 Å². The molecule has 0 spiro atoms. The molecule has 0 bridgehead atoms. The summed E-state index contributed by atoms with van der Waals surface area (Å²) in [6.07, 6.45) is 3.07. The third-order valence-electron chi connectivity index (χ3n) is 6.38. The minimum Gasteiger partial charge on any atom is -0.496 e. The molecule has 31 heavy (non-hydrogen) atoms. The predicted octanol–water partition coefficient (Wildman–Crippen LogP) is 7.22. The Labute approximate surface area is 186 Å². The molecule has 0 saturated heterocycles. The Morgan fingerprint density at radius 3 is 2.35 bits per heavy atom. The molecule has 0 fully saturated rings. The van der Waals surface area contributed by atoms with Gasteiger partial charge in [0.25, 0.3) is 0 Å². The zero-order valence-corrected chi connectivity index (χ0v) is 19.2. The summed E-state index contributed by atoms with van der Waals surface area (Å²) in [4.78, 5) is 7.24. The summed E-state index contributed by atoms with van der Waals surface area (Å²) >= 11 is 0. The first kappa shape index (κ1) is 21.2. The van der Waals surface area contributed by atoms with Crippen LogP contribution >= 0.6 is 0 Å². The average molecular weight is 413 g/mol. The molecule has 1 unspecified atom stereocenters. The van der Waals surface area contributed by atoms with Crippen molar-refractivity contribution in [2.45, 2.75) is 45.6 Å². The molecule has 4 rings (SSSR count). The van der Waals surface area contributed by atoms with Crippen LogP contribution in [0.3, 0.4) is 0 Å². The quantitative estimate of drug-likeness (QED) is 0.413. The highest BCUT2D eigenvalue weighted by Gasteiger charge is 2.36. The lowest BCUT2D eigenvalue weighted by Crippen LogP contribution is -2.48. The topological polar surface area (TPSA) is 24.8 Å². The molecule has 3 aromatic carbocycles. The van der Waals surface area contributed by atoms with Crippen LogP contribution in [0.15, 0.2) is 71.7 Å². The van der Waals surface area contributed by atoms with Crippen LogP contribution in [0.5, 0.6) is 5.75 Å². The number of anilines is 1. The third-order valence-corrected chi connectivity index (χ3v) is 6.38. The van der Waals surface area contributed by atoms with Gasteiger partial charge in [0, 0.05) is 35.6 Å². The van der Waals surface area contributed by atoms with Gasteiger partial charge in [0.15, 0.2) is 0 Å². The molecule has 0 amide bonds. The van der Waals surface area contributed by atoms with E-state index in [9.17, 15) is 0 Å². The Balaban J connectivity index is 1.64. The van der Waals surface area contributed by atoms with Crippen LogP contribution in [0.25, 0.3) is 11.1 Å². The van der Waals surface area contributed by atoms with Crippen LogP contribution in [-0.4, -0.2) is 25.4 Å². The number of fused-ring (bicyclic) bond motifs is 1. The van der Waals surface area contributed by atoms with E-state index in [4.69, 9.17) is 9.73 Å². The van der Waals surface area contributed by atoms with E-state index >= 15 is 0 Å². The van der Waals surface area contributed by atoms with E-state index < -0.39 is 0 Å². The number of ether oxygens (including phenoxy) is 1. The maximum atomic E-state index is 5.76. The van der Waals surface area contributed by atoms with Crippen LogP contribution in [0, 0.1) is 0 Å². The second kappa shape index (κ2) is 8.58. The van der Waals surface area contributed by atoms with Gasteiger partial charge in [0.1, 0.15) is 5.75 Å². The highest BCUT2D eigenvalue weighted by Crippen LogP contribution is 2.45. The molecular formula is C28H32N2O. The van der Waals surface area contributed by atoms with Crippen LogP contribution in [0.4, 0.5) is 11.4 Å².